The number of nitrogens with zero attached hydrogens (tertiary/aromatic N) is 1. The van der Waals surface area contributed by atoms with E-state index in [1.54, 1.807) is 6.92 Å². The second-order valence-corrected chi connectivity index (χ2v) is 11.8. The fourth-order valence-corrected chi connectivity index (χ4v) is 6.12. The summed E-state index contributed by atoms with van der Waals surface area (Å²) in [5.41, 5.74) is 2.80. The van der Waals surface area contributed by atoms with E-state index in [2.05, 4.69) is 0 Å². The average Bonchev–Trinajstić information content (AvgIpc) is 3.56. The van der Waals surface area contributed by atoms with Crippen LogP contribution < -0.4 is 10.5 Å². The molecule has 12 heteroatoms. The van der Waals surface area contributed by atoms with Gasteiger partial charge in [0.05, 0.1) is 22.6 Å². The molecule has 0 bridgehead atoms. The molecule has 2 aromatic rings. The number of likely N-dealkylation sites (tertiary alicyclic amines) is 1. The Morgan fingerprint density at radius 3 is 2.39 bits per heavy atom. The van der Waals surface area contributed by atoms with Crippen molar-refractivity contribution in [2.45, 2.75) is 55.1 Å². The van der Waals surface area contributed by atoms with Gasteiger partial charge in [0.25, 0.3) is 5.91 Å². The van der Waals surface area contributed by atoms with E-state index in [0.29, 0.717) is 25.3 Å². The minimum atomic E-state index is -4.76. The number of rotatable bonds is 8. The first-order chi connectivity index (χ1) is 17.7. The highest BCUT2D eigenvalue weighted by molar-refractivity contribution is 7.90. The summed E-state index contributed by atoms with van der Waals surface area (Å²) in [5.74, 6) is -3.94. The number of nitrogens with two attached hydrogens (primary N) is 1. The van der Waals surface area contributed by atoms with Gasteiger partial charge in [-0.05, 0) is 74.4 Å². The van der Waals surface area contributed by atoms with E-state index in [4.69, 9.17) is 10.5 Å². The third-order valence-electron chi connectivity index (χ3n) is 7.27. The zero-order valence-electron chi connectivity index (χ0n) is 20.8. The first kappa shape index (κ1) is 27.9. The topological polar surface area (TPSA) is 107 Å². The number of hydrogen-bond donors (Lipinski definition) is 1. The Balaban J connectivity index is 1.86. The number of ether oxygens (including phenoxy) is 1. The maximum absolute atomic E-state index is 15.3. The van der Waals surface area contributed by atoms with Crippen LogP contribution in [0.4, 0.5) is 17.6 Å². The molecule has 2 N–H and O–H groups in total. The molecular weight excluding hydrogens is 528 g/mol. The molecule has 1 saturated heterocycles. The second kappa shape index (κ2) is 9.87. The second-order valence-electron chi connectivity index (χ2n) is 9.76. The Morgan fingerprint density at radius 2 is 1.87 bits per heavy atom. The van der Waals surface area contributed by atoms with E-state index in [1.807, 2.05) is 0 Å². The standard InChI is InChI=1S/C26H28F4N2O5S/c1-3-37-21-10-8-17(38(2,35)36)14-19(21)23(33)32-12-4-11-25(32,24(31)34)22(15-5-6-15)18-9-7-16(13-20(18)27)26(28,29)30/h7-10,13-15,22H,3-6,11-12H2,1-2H3,(H2,31,34)/t22-,25+/m1/s1. The van der Waals surface area contributed by atoms with Gasteiger partial charge in [-0.25, -0.2) is 12.8 Å². The Kier molecular flexibility index (Phi) is 7.24. The quantitative estimate of drug-likeness (QED) is 0.488. The van der Waals surface area contributed by atoms with Gasteiger partial charge in [-0.2, -0.15) is 13.2 Å². The van der Waals surface area contributed by atoms with Gasteiger partial charge in [-0.15, -0.1) is 0 Å². The average molecular weight is 557 g/mol. The summed E-state index contributed by atoms with van der Waals surface area (Å²) in [7, 11) is -3.70. The molecule has 2 aromatic carbocycles. The number of carbonyl (C=O) groups excluding carboxylic acids is 2. The van der Waals surface area contributed by atoms with Crippen LogP contribution >= 0.6 is 0 Å². The number of hydrogen-bond acceptors (Lipinski definition) is 5. The molecule has 0 radical (unpaired) electrons. The first-order valence-electron chi connectivity index (χ1n) is 12.2. The van der Waals surface area contributed by atoms with Crippen molar-refractivity contribution in [1.82, 2.24) is 4.90 Å². The molecule has 206 valence electrons. The van der Waals surface area contributed by atoms with Gasteiger partial charge >= 0.3 is 6.18 Å². The molecule has 0 spiro atoms. The van der Waals surface area contributed by atoms with Crippen molar-refractivity contribution in [3.63, 3.8) is 0 Å². The summed E-state index contributed by atoms with van der Waals surface area (Å²) in [4.78, 5) is 28.3. The van der Waals surface area contributed by atoms with E-state index in [1.165, 1.54) is 17.0 Å². The fraction of sp³-hybridized carbons (Fsp3) is 0.462. The van der Waals surface area contributed by atoms with Crippen molar-refractivity contribution in [3.05, 3.63) is 58.9 Å². The van der Waals surface area contributed by atoms with Crippen molar-refractivity contribution in [1.29, 1.82) is 0 Å². The molecule has 4 rings (SSSR count). The van der Waals surface area contributed by atoms with Crippen LogP contribution in [0.5, 0.6) is 5.75 Å². The summed E-state index contributed by atoms with van der Waals surface area (Å²) in [6.07, 6.45) is -2.21. The minimum absolute atomic E-state index is 0.0575. The highest BCUT2D eigenvalue weighted by Crippen LogP contribution is 2.54. The van der Waals surface area contributed by atoms with Crippen molar-refractivity contribution in [2.75, 3.05) is 19.4 Å². The van der Waals surface area contributed by atoms with Crippen molar-refractivity contribution in [2.24, 2.45) is 11.7 Å². The normalized spacial score (nSPS) is 20.8. The molecule has 0 unspecified atom stereocenters. The molecule has 0 aromatic heterocycles. The van der Waals surface area contributed by atoms with Crippen molar-refractivity contribution < 1.29 is 40.3 Å². The summed E-state index contributed by atoms with van der Waals surface area (Å²) in [6, 6.07) is 5.98. The van der Waals surface area contributed by atoms with Crippen LogP contribution in [0.2, 0.25) is 0 Å². The van der Waals surface area contributed by atoms with Crippen LogP contribution in [0.1, 0.15) is 60.0 Å². The highest BCUT2D eigenvalue weighted by atomic mass is 32.2. The van der Waals surface area contributed by atoms with Crippen LogP contribution in [-0.4, -0.2) is 50.1 Å². The molecule has 1 aliphatic heterocycles. The molecule has 2 amide bonds. The number of amides is 2. The van der Waals surface area contributed by atoms with Crippen LogP contribution in [-0.2, 0) is 20.8 Å². The van der Waals surface area contributed by atoms with E-state index >= 15 is 4.39 Å². The lowest BCUT2D eigenvalue weighted by Gasteiger charge is -2.43. The zero-order valence-corrected chi connectivity index (χ0v) is 21.7. The van der Waals surface area contributed by atoms with Gasteiger partial charge < -0.3 is 15.4 Å². The lowest BCUT2D eigenvalue weighted by Crippen LogP contribution is -2.60. The number of primary amides is 1. The van der Waals surface area contributed by atoms with Gasteiger partial charge in [0.2, 0.25) is 5.91 Å². The Bertz CT molecular complexity index is 1370. The molecule has 1 aliphatic carbocycles. The molecule has 38 heavy (non-hydrogen) atoms. The number of halogens is 4. The molecule has 1 heterocycles. The van der Waals surface area contributed by atoms with Crippen LogP contribution in [0.15, 0.2) is 41.3 Å². The fourth-order valence-electron chi connectivity index (χ4n) is 5.48. The van der Waals surface area contributed by atoms with E-state index in [-0.39, 0.29) is 47.3 Å². The van der Waals surface area contributed by atoms with Gasteiger partial charge in [-0.3, -0.25) is 9.59 Å². The number of sulfone groups is 1. The number of alkyl halides is 3. The van der Waals surface area contributed by atoms with Gasteiger partial charge in [0, 0.05) is 18.7 Å². The molecule has 7 nitrogen and oxygen atoms in total. The molecule has 2 fully saturated rings. The maximum atomic E-state index is 15.3. The monoisotopic (exact) mass is 556 g/mol. The predicted molar refractivity (Wildman–Crippen MR) is 130 cm³/mol. The molecule has 2 aliphatic rings. The van der Waals surface area contributed by atoms with Gasteiger partial charge in [0.1, 0.15) is 17.1 Å². The predicted octanol–water partition coefficient (Wildman–Crippen LogP) is 4.30. The summed E-state index contributed by atoms with van der Waals surface area (Å²) >= 11 is 0. The Labute approximate surface area is 217 Å². The Morgan fingerprint density at radius 1 is 1.18 bits per heavy atom. The highest BCUT2D eigenvalue weighted by Gasteiger charge is 2.59. The molecular formula is C26H28F4N2O5S. The van der Waals surface area contributed by atoms with Crippen LogP contribution in [0.3, 0.4) is 0 Å². The van der Waals surface area contributed by atoms with E-state index < -0.39 is 50.7 Å². The van der Waals surface area contributed by atoms with E-state index in [0.717, 1.165) is 24.5 Å². The smallest absolute Gasteiger partial charge is 0.416 e. The van der Waals surface area contributed by atoms with Crippen molar-refractivity contribution in [3.8, 4) is 5.75 Å². The summed E-state index contributed by atoms with van der Waals surface area (Å²) in [6.45, 7) is 1.90. The maximum Gasteiger partial charge on any atom is 0.416 e. The van der Waals surface area contributed by atoms with Crippen LogP contribution in [0, 0.1) is 11.7 Å². The number of carbonyl (C=O) groups is 2. The number of benzene rings is 2. The van der Waals surface area contributed by atoms with E-state index in [9.17, 15) is 31.2 Å². The van der Waals surface area contributed by atoms with Gasteiger partial charge in [-0.1, -0.05) is 6.07 Å². The molecule has 1 saturated carbocycles. The van der Waals surface area contributed by atoms with Crippen molar-refractivity contribution >= 4 is 21.7 Å². The third kappa shape index (κ3) is 4.97. The molecule has 2 atom stereocenters. The van der Waals surface area contributed by atoms with Crippen LogP contribution in [0.25, 0.3) is 0 Å². The Hall–Kier alpha value is -3.15. The lowest BCUT2D eigenvalue weighted by atomic mass is 9.73. The first-order valence-corrected chi connectivity index (χ1v) is 14.1. The third-order valence-corrected chi connectivity index (χ3v) is 8.38. The SMILES string of the molecule is CCOc1ccc(S(C)(=O)=O)cc1C(=O)N1CCC[C@@]1(C(N)=O)[C@@H](c1ccc(C(F)(F)F)cc1F)C1CC1. The zero-order chi connectivity index (χ0) is 28.0. The largest absolute Gasteiger partial charge is 0.493 e. The summed E-state index contributed by atoms with van der Waals surface area (Å²) in [5, 5.41) is 0. The minimum Gasteiger partial charge on any atom is -0.493 e. The lowest BCUT2D eigenvalue weighted by molar-refractivity contribution is -0.138. The van der Waals surface area contributed by atoms with Gasteiger partial charge in [0.15, 0.2) is 9.84 Å². The summed E-state index contributed by atoms with van der Waals surface area (Å²) < 4.78 is 84.8.